The van der Waals surface area contributed by atoms with Crippen molar-refractivity contribution in [2.75, 3.05) is 33.9 Å². The Morgan fingerprint density at radius 2 is 1.85 bits per heavy atom. The number of amides is 1. The number of rotatable bonds is 8. The Morgan fingerprint density at radius 1 is 1.09 bits per heavy atom. The van der Waals surface area contributed by atoms with Gasteiger partial charge in [0.1, 0.15) is 11.5 Å². The number of primary amides is 1. The van der Waals surface area contributed by atoms with Crippen LogP contribution in [-0.2, 0) is 17.6 Å². The summed E-state index contributed by atoms with van der Waals surface area (Å²) in [6.45, 7) is 4.40. The number of nitrogens with two attached hydrogens (primary N) is 1. The fraction of sp³-hybridized carbons (Fsp3) is 0.462. The minimum absolute atomic E-state index is 0.0137. The molecular formula is C26H33N3O4. The van der Waals surface area contributed by atoms with Crippen LogP contribution in [0.5, 0.6) is 11.5 Å². The molecule has 7 nitrogen and oxygen atoms in total. The second-order valence-corrected chi connectivity index (χ2v) is 8.87. The summed E-state index contributed by atoms with van der Waals surface area (Å²) in [5.41, 5.74) is 10.2. The van der Waals surface area contributed by atoms with E-state index in [2.05, 4.69) is 21.7 Å². The first-order chi connectivity index (χ1) is 15.9. The molecule has 0 bridgehead atoms. The van der Waals surface area contributed by atoms with E-state index in [-0.39, 0.29) is 11.7 Å². The van der Waals surface area contributed by atoms with Crippen molar-refractivity contribution in [1.29, 1.82) is 0 Å². The number of ether oxygens (including phenoxy) is 2. The van der Waals surface area contributed by atoms with Gasteiger partial charge in [0.15, 0.2) is 5.78 Å². The van der Waals surface area contributed by atoms with Gasteiger partial charge in [0, 0.05) is 48.7 Å². The first kappa shape index (κ1) is 23.1. The van der Waals surface area contributed by atoms with Crippen LogP contribution in [0.3, 0.4) is 0 Å². The van der Waals surface area contributed by atoms with Gasteiger partial charge in [-0.15, -0.1) is 0 Å². The molecule has 1 aliphatic carbocycles. The second-order valence-electron chi connectivity index (χ2n) is 8.87. The molecule has 176 valence electrons. The number of aromatic nitrogens is 1. The summed E-state index contributed by atoms with van der Waals surface area (Å²) in [7, 11) is 3.25. The molecule has 0 radical (unpaired) electrons. The minimum Gasteiger partial charge on any atom is -0.496 e. The number of carbonyl (C=O) groups is 2. The Bertz CT molecular complexity index is 1080. The number of nitrogens with zero attached hydrogens (tertiary/aromatic N) is 2. The van der Waals surface area contributed by atoms with Crippen LogP contribution in [0.15, 0.2) is 30.0 Å². The van der Waals surface area contributed by atoms with Crippen LogP contribution in [0.2, 0.25) is 0 Å². The molecule has 1 saturated heterocycles. The van der Waals surface area contributed by atoms with Crippen molar-refractivity contribution in [3.05, 3.63) is 52.4 Å². The van der Waals surface area contributed by atoms with Gasteiger partial charge in [0.05, 0.1) is 19.8 Å². The van der Waals surface area contributed by atoms with Crippen LogP contribution in [0.1, 0.15) is 59.4 Å². The van der Waals surface area contributed by atoms with Gasteiger partial charge < -0.3 is 24.7 Å². The third-order valence-electron chi connectivity index (χ3n) is 6.98. The summed E-state index contributed by atoms with van der Waals surface area (Å²) < 4.78 is 13.5. The van der Waals surface area contributed by atoms with E-state index >= 15 is 0 Å². The van der Waals surface area contributed by atoms with Gasteiger partial charge in [0.25, 0.3) is 0 Å². The highest BCUT2D eigenvalue weighted by molar-refractivity contribution is 5.98. The normalized spacial score (nSPS) is 16.8. The maximum atomic E-state index is 12.0. The number of methoxy groups -OCH3 is 2. The number of fused-ring (bicyclic) bond motifs is 1. The molecule has 2 aromatic rings. The summed E-state index contributed by atoms with van der Waals surface area (Å²) in [4.78, 5) is 26.1. The predicted octanol–water partition coefficient (Wildman–Crippen LogP) is 3.40. The van der Waals surface area contributed by atoms with Crippen molar-refractivity contribution in [2.45, 2.75) is 45.1 Å². The van der Waals surface area contributed by atoms with E-state index in [0.717, 1.165) is 74.3 Å². The average Bonchev–Trinajstić information content (AvgIpc) is 3.25. The number of hydrogen-bond donors (Lipinski definition) is 1. The van der Waals surface area contributed by atoms with Crippen LogP contribution >= 0.6 is 0 Å². The summed E-state index contributed by atoms with van der Waals surface area (Å²) in [6, 6.07) is 6.21. The lowest BCUT2D eigenvalue weighted by atomic mass is 9.96. The molecule has 2 heterocycles. The zero-order chi connectivity index (χ0) is 23.5. The van der Waals surface area contributed by atoms with Crippen molar-refractivity contribution >= 4 is 17.8 Å². The fourth-order valence-electron chi connectivity index (χ4n) is 5.14. The number of benzene rings is 1. The summed E-state index contributed by atoms with van der Waals surface area (Å²) in [6.07, 6.45) is 8.58. The molecule has 1 fully saturated rings. The molecule has 1 aromatic heterocycles. The molecule has 2 N–H and O–H groups in total. The van der Waals surface area contributed by atoms with Crippen LogP contribution in [0.25, 0.3) is 6.08 Å². The third-order valence-corrected chi connectivity index (χ3v) is 6.98. The molecule has 0 unspecified atom stereocenters. The highest BCUT2D eigenvalue weighted by atomic mass is 16.5. The molecule has 1 amide bonds. The maximum Gasteiger partial charge on any atom is 0.244 e. The van der Waals surface area contributed by atoms with Crippen molar-refractivity contribution < 1.29 is 19.1 Å². The summed E-state index contributed by atoms with van der Waals surface area (Å²) in [5, 5.41) is 0. The fourth-order valence-corrected chi connectivity index (χ4v) is 5.14. The van der Waals surface area contributed by atoms with E-state index in [0.29, 0.717) is 17.4 Å². The van der Waals surface area contributed by atoms with E-state index < -0.39 is 0 Å². The van der Waals surface area contributed by atoms with Crippen molar-refractivity contribution in [3.63, 3.8) is 0 Å². The van der Waals surface area contributed by atoms with Crippen LogP contribution < -0.4 is 15.2 Å². The lowest BCUT2D eigenvalue weighted by Crippen LogP contribution is -2.36. The summed E-state index contributed by atoms with van der Waals surface area (Å²) >= 11 is 0. The van der Waals surface area contributed by atoms with Gasteiger partial charge in [0.2, 0.25) is 5.91 Å². The summed E-state index contributed by atoms with van der Waals surface area (Å²) in [5.74, 6) is 1.04. The molecule has 33 heavy (non-hydrogen) atoms. The molecule has 0 atom stereocenters. The Morgan fingerprint density at radius 3 is 2.48 bits per heavy atom. The number of Topliss-reactive ketones (excluding diaryl/α,β-unsaturated/α-hetero) is 1. The zero-order valence-electron chi connectivity index (χ0n) is 19.7. The number of likely N-dealkylation sites (tertiary alicyclic amines) is 1. The molecule has 1 aliphatic heterocycles. The number of ketones is 1. The van der Waals surface area contributed by atoms with E-state index in [4.69, 9.17) is 15.2 Å². The Hall–Kier alpha value is -3.06. The van der Waals surface area contributed by atoms with E-state index in [1.165, 1.54) is 5.56 Å². The highest BCUT2D eigenvalue weighted by Crippen LogP contribution is 2.34. The van der Waals surface area contributed by atoms with Crippen LogP contribution in [0.4, 0.5) is 0 Å². The van der Waals surface area contributed by atoms with E-state index in [9.17, 15) is 9.59 Å². The number of hydrogen-bond acceptors (Lipinski definition) is 5. The van der Waals surface area contributed by atoms with Crippen molar-refractivity contribution in [2.24, 2.45) is 5.73 Å². The predicted molar refractivity (Wildman–Crippen MR) is 128 cm³/mol. The van der Waals surface area contributed by atoms with Gasteiger partial charge in [-0.25, -0.2) is 0 Å². The molecule has 2 aliphatic rings. The van der Waals surface area contributed by atoms with Gasteiger partial charge in [-0.3, -0.25) is 9.59 Å². The van der Waals surface area contributed by atoms with Gasteiger partial charge >= 0.3 is 0 Å². The van der Waals surface area contributed by atoms with Crippen molar-refractivity contribution in [3.8, 4) is 11.5 Å². The van der Waals surface area contributed by atoms with Crippen LogP contribution in [0, 0.1) is 0 Å². The number of aryl methyl sites for hydroxylation is 1. The monoisotopic (exact) mass is 451 g/mol. The molecule has 0 spiro atoms. The molecular weight excluding hydrogens is 418 g/mol. The standard InChI is InChI=1S/C26H33N3O4/c1-17(30)21-6-7-24(32-2)22(25(21)33-3)11-14-28-12-9-20(10-13-28)29-15-8-18-4-5-19(26(27)31)16-23(18)29/h6-8,15-16,20H,4-5,9-14H2,1-3H3,(H2,27,31). The number of piperidine rings is 1. The van der Waals surface area contributed by atoms with Crippen LogP contribution in [-0.4, -0.2) is 55.0 Å². The lowest BCUT2D eigenvalue weighted by Gasteiger charge is -2.34. The smallest absolute Gasteiger partial charge is 0.244 e. The Kier molecular flexibility index (Phi) is 6.88. The van der Waals surface area contributed by atoms with E-state index in [1.807, 2.05) is 12.1 Å². The topological polar surface area (TPSA) is 86.8 Å². The zero-order valence-corrected chi connectivity index (χ0v) is 19.7. The quantitative estimate of drug-likeness (QED) is 0.622. The molecule has 7 heteroatoms. The first-order valence-corrected chi connectivity index (χ1v) is 11.6. The Balaban J connectivity index is 1.42. The SMILES string of the molecule is COc1ccc(C(C)=O)c(OC)c1CCN1CCC(n2ccc3c2C=C(C(N)=O)CC3)CC1. The second kappa shape index (κ2) is 9.83. The average molecular weight is 452 g/mol. The number of carbonyl (C=O) groups excluding carboxylic acids is 2. The van der Waals surface area contributed by atoms with Gasteiger partial charge in [-0.2, -0.15) is 0 Å². The molecule has 4 rings (SSSR count). The first-order valence-electron chi connectivity index (χ1n) is 11.6. The molecule has 1 aromatic carbocycles. The lowest BCUT2D eigenvalue weighted by molar-refractivity contribution is -0.114. The minimum atomic E-state index is -0.317. The maximum absolute atomic E-state index is 12.0. The molecule has 0 saturated carbocycles. The Labute approximate surface area is 195 Å². The third kappa shape index (κ3) is 4.69. The van der Waals surface area contributed by atoms with Gasteiger partial charge in [-0.05, 0) is 68.9 Å². The largest absolute Gasteiger partial charge is 0.496 e. The van der Waals surface area contributed by atoms with Crippen molar-refractivity contribution in [1.82, 2.24) is 9.47 Å². The van der Waals surface area contributed by atoms with Gasteiger partial charge in [-0.1, -0.05) is 0 Å². The highest BCUT2D eigenvalue weighted by Gasteiger charge is 2.25. The van der Waals surface area contributed by atoms with E-state index in [1.54, 1.807) is 27.2 Å².